The smallest absolute Gasteiger partial charge is 0.272 e. The molecular weight excluding hydrogens is 460 g/mol. The van der Waals surface area contributed by atoms with Gasteiger partial charge >= 0.3 is 0 Å². The Morgan fingerprint density at radius 1 is 1.09 bits per heavy atom. The molecule has 1 aliphatic rings. The quantitative estimate of drug-likeness (QED) is 0.392. The molecule has 1 amide bonds. The van der Waals surface area contributed by atoms with Gasteiger partial charge in [-0.05, 0) is 55.3 Å². The summed E-state index contributed by atoms with van der Waals surface area (Å²) in [4.78, 5) is 30.2. The lowest BCUT2D eigenvalue weighted by Gasteiger charge is -2.37. The molecular formula is C26H32N6O2S. The lowest BCUT2D eigenvalue weighted by atomic mass is 10.1. The summed E-state index contributed by atoms with van der Waals surface area (Å²) in [5.41, 5.74) is 4.75. The number of aromatic nitrogens is 4. The fourth-order valence-electron chi connectivity index (χ4n) is 5.00. The van der Waals surface area contributed by atoms with E-state index < -0.39 is 0 Å². The molecule has 0 bridgehead atoms. The van der Waals surface area contributed by atoms with Gasteiger partial charge in [0.25, 0.3) is 5.56 Å². The van der Waals surface area contributed by atoms with Crippen LogP contribution in [0.15, 0.2) is 34.4 Å². The standard InChI is InChI=1S/C26H32N6O2S/c1-4-12-31-25(34)24-21(11-17-35-24)32-22(27-28-26(31)32)9-6-10-23(33)30-15-13-29(14-16-30)20-8-5-7-18(2)19(20)3/h5,7-8,11,17H,4,6,9-10,12-16H2,1-3H3. The molecule has 4 heterocycles. The lowest BCUT2D eigenvalue weighted by Crippen LogP contribution is -2.49. The van der Waals surface area contributed by atoms with Gasteiger partial charge in [-0.25, -0.2) is 0 Å². The van der Waals surface area contributed by atoms with Crippen LogP contribution in [0.25, 0.3) is 16.0 Å². The fraction of sp³-hybridized carbons (Fsp3) is 0.462. The van der Waals surface area contributed by atoms with Crippen LogP contribution in [0.5, 0.6) is 0 Å². The van der Waals surface area contributed by atoms with E-state index in [4.69, 9.17) is 0 Å². The van der Waals surface area contributed by atoms with Crippen LogP contribution < -0.4 is 10.5 Å². The van der Waals surface area contributed by atoms with Gasteiger partial charge in [-0.3, -0.25) is 18.6 Å². The highest BCUT2D eigenvalue weighted by Gasteiger charge is 2.23. The number of aryl methyl sites for hydroxylation is 3. The Labute approximate surface area is 208 Å². The van der Waals surface area contributed by atoms with Crippen LogP contribution in [0.3, 0.4) is 0 Å². The average Bonchev–Trinajstić information content (AvgIpc) is 3.51. The van der Waals surface area contributed by atoms with Crippen molar-refractivity contribution in [1.29, 1.82) is 0 Å². The minimum atomic E-state index is -0.00141. The second-order valence-corrected chi connectivity index (χ2v) is 10.2. The maximum absolute atomic E-state index is 12.9. The number of carbonyl (C=O) groups excluding carboxylic acids is 1. The number of hydrogen-bond donors (Lipinski definition) is 0. The Balaban J connectivity index is 1.23. The highest BCUT2D eigenvalue weighted by atomic mass is 32.1. The second-order valence-electron chi connectivity index (χ2n) is 9.28. The molecule has 1 aliphatic heterocycles. The van der Waals surface area contributed by atoms with E-state index in [9.17, 15) is 9.59 Å². The van der Waals surface area contributed by atoms with Gasteiger partial charge < -0.3 is 9.80 Å². The predicted molar refractivity (Wildman–Crippen MR) is 141 cm³/mol. The SMILES string of the molecule is CCCn1c(=O)c2sccc2n2c(CCCC(=O)N3CCN(c4cccc(C)c4C)CC3)nnc12. The van der Waals surface area contributed by atoms with Crippen molar-refractivity contribution in [2.45, 2.75) is 53.0 Å². The molecule has 184 valence electrons. The van der Waals surface area contributed by atoms with Crippen LogP contribution in [-0.2, 0) is 17.8 Å². The van der Waals surface area contributed by atoms with Gasteiger partial charge in [0.1, 0.15) is 10.5 Å². The van der Waals surface area contributed by atoms with Crippen molar-refractivity contribution in [1.82, 2.24) is 24.1 Å². The second kappa shape index (κ2) is 9.81. The first-order valence-electron chi connectivity index (χ1n) is 12.4. The minimum Gasteiger partial charge on any atom is -0.368 e. The normalized spacial score (nSPS) is 14.4. The number of thiophene rings is 1. The van der Waals surface area contributed by atoms with E-state index in [0.717, 1.165) is 48.6 Å². The molecule has 9 heteroatoms. The van der Waals surface area contributed by atoms with Crippen molar-refractivity contribution < 1.29 is 4.79 Å². The highest BCUT2D eigenvalue weighted by molar-refractivity contribution is 7.17. The van der Waals surface area contributed by atoms with Gasteiger partial charge in [-0.15, -0.1) is 21.5 Å². The summed E-state index contributed by atoms with van der Waals surface area (Å²) in [6.45, 7) is 10.2. The number of nitrogens with zero attached hydrogens (tertiary/aromatic N) is 6. The molecule has 3 aromatic heterocycles. The fourth-order valence-corrected chi connectivity index (χ4v) is 5.82. The summed E-state index contributed by atoms with van der Waals surface area (Å²) >= 11 is 1.45. The van der Waals surface area contributed by atoms with Gasteiger partial charge in [-0.2, -0.15) is 0 Å². The number of anilines is 1. The maximum Gasteiger partial charge on any atom is 0.272 e. The van der Waals surface area contributed by atoms with E-state index in [1.807, 2.05) is 27.7 Å². The largest absolute Gasteiger partial charge is 0.368 e. The van der Waals surface area contributed by atoms with Gasteiger partial charge in [0.2, 0.25) is 11.7 Å². The molecule has 0 aliphatic carbocycles. The first-order chi connectivity index (χ1) is 17.0. The summed E-state index contributed by atoms with van der Waals surface area (Å²) in [7, 11) is 0. The van der Waals surface area contributed by atoms with E-state index >= 15 is 0 Å². The number of amides is 1. The molecule has 0 saturated carbocycles. The van der Waals surface area contributed by atoms with Gasteiger partial charge in [0, 0.05) is 51.3 Å². The van der Waals surface area contributed by atoms with Crippen molar-refractivity contribution in [2.75, 3.05) is 31.1 Å². The van der Waals surface area contributed by atoms with Crippen LogP contribution in [-0.4, -0.2) is 56.2 Å². The minimum absolute atomic E-state index is 0.00141. The third kappa shape index (κ3) is 4.33. The van der Waals surface area contributed by atoms with E-state index in [1.54, 1.807) is 4.57 Å². The summed E-state index contributed by atoms with van der Waals surface area (Å²) in [5, 5.41) is 10.7. The summed E-state index contributed by atoms with van der Waals surface area (Å²) < 4.78 is 4.44. The molecule has 0 atom stereocenters. The maximum atomic E-state index is 12.9. The Morgan fingerprint density at radius 3 is 2.66 bits per heavy atom. The number of rotatable bonds is 7. The van der Waals surface area contributed by atoms with Crippen LogP contribution in [0.4, 0.5) is 5.69 Å². The van der Waals surface area contributed by atoms with Gasteiger partial charge in [0.05, 0.1) is 5.52 Å². The Morgan fingerprint density at radius 2 is 1.89 bits per heavy atom. The summed E-state index contributed by atoms with van der Waals surface area (Å²) in [5.74, 6) is 1.59. The molecule has 1 aromatic carbocycles. The van der Waals surface area contributed by atoms with Crippen LogP contribution in [0, 0.1) is 13.8 Å². The Kier molecular flexibility index (Phi) is 6.60. The molecule has 1 fully saturated rings. The molecule has 0 N–H and O–H groups in total. The number of hydrogen-bond acceptors (Lipinski definition) is 6. The number of piperazine rings is 1. The zero-order valence-corrected chi connectivity index (χ0v) is 21.5. The van der Waals surface area contributed by atoms with Crippen LogP contribution >= 0.6 is 11.3 Å². The molecule has 35 heavy (non-hydrogen) atoms. The third-order valence-corrected chi connectivity index (χ3v) is 7.96. The van der Waals surface area contributed by atoms with Crippen LogP contribution in [0.1, 0.15) is 43.1 Å². The highest BCUT2D eigenvalue weighted by Crippen LogP contribution is 2.24. The molecule has 5 rings (SSSR count). The van der Waals surface area contributed by atoms with Crippen molar-refractivity contribution in [3.8, 4) is 0 Å². The average molecular weight is 493 g/mol. The van der Waals surface area contributed by atoms with E-state index in [1.165, 1.54) is 28.2 Å². The Bertz CT molecular complexity index is 1430. The monoisotopic (exact) mass is 492 g/mol. The lowest BCUT2D eigenvalue weighted by molar-refractivity contribution is -0.131. The molecule has 0 radical (unpaired) electrons. The van der Waals surface area contributed by atoms with E-state index in [-0.39, 0.29) is 11.5 Å². The summed E-state index contributed by atoms with van der Waals surface area (Å²) in [6.07, 6.45) is 2.68. The molecule has 8 nitrogen and oxygen atoms in total. The number of benzene rings is 1. The molecule has 0 spiro atoms. The first-order valence-corrected chi connectivity index (χ1v) is 13.3. The van der Waals surface area contributed by atoms with Crippen molar-refractivity contribution in [3.63, 3.8) is 0 Å². The zero-order valence-electron chi connectivity index (χ0n) is 20.7. The molecule has 0 unspecified atom stereocenters. The third-order valence-electron chi connectivity index (χ3n) is 7.07. The van der Waals surface area contributed by atoms with E-state index in [2.05, 4.69) is 47.1 Å². The van der Waals surface area contributed by atoms with Crippen molar-refractivity contribution in [2.24, 2.45) is 0 Å². The van der Waals surface area contributed by atoms with E-state index in [0.29, 0.717) is 31.6 Å². The van der Waals surface area contributed by atoms with Crippen molar-refractivity contribution >= 4 is 38.9 Å². The first kappa shape index (κ1) is 23.5. The molecule has 4 aromatic rings. The van der Waals surface area contributed by atoms with Gasteiger partial charge in [0.15, 0.2) is 0 Å². The van der Waals surface area contributed by atoms with Gasteiger partial charge in [-0.1, -0.05) is 19.1 Å². The molecule has 1 saturated heterocycles. The predicted octanol–water partition coefficient (Wildman–Crippen LogP) is 3.80. The van der Waals surface area contributed by atoms with Crippen LogP contribution in [0.2, 0.25) is 0 Å². The summed E-state index contributed by atoms with van der Waals surface area (Å²) in [6, 6.07) is 8.38. The Hall–Kier alpha value is -3.20. The number of carbonyl (C=O) groups is 1. The number of fused-ring (bicyclic) bond motifs is 3. The topological polar surface area (TPSA) is 75.7 Å². The zero-order chi connectivity index (χ0) is 24.5. The van der Waals surface area contributed by atoms with Crippen molar-refractivity contribution in [3.05, 3.63) is 57.0 Å².